The number of H-pyrrole nitrogens is 1. The zero-order chi connectivity index (χ0) is 13.7. The van der Waals surface area contributed by atoms with Gasteiger partial charge in [0.2, 0.25) is 5.91 Å². The Morgan fingerprint density at radius 1 is 1.47 bits per heavy atom. The maximum absolute atomic E-state index is 11.8. The lowest BCUT2D eigenvalue weighted by atomic mass is 10.1. The third-order valence-electron chi connectivity index (χ3n) is 2.92. The topological polar surface area (TPSA) is 78.0 Å². The van der Waals surface area contributed by atoms with Gasteiger partial charge in [0.15, 0.2) is 0 Å². The monoisotopic (exact) mass is 259 g/mol. The highest BCUT2D eigenvalue weighted by molar-refractivity contribution is 5.76. The van der Waals surface area contributed by atoms with Crippen molar-refractivity contribution in [2.75, 3.05) is 0 Å². The smallest absolute Gasteiger partial charge is 0.220 e. The summed E-state index contributed by atoms with van der Waals surface area (Å²) in [4.78, 5) is 18.8. The molecule has 0 saturated heterocycles. The molecule has 1 aromatic heterocycles. The van der Waals surface area contributed by atoms with E-state index in [0.29, 0.717) is 12.8 Å². The zero-order valence-corrected chi connectivity index (χ0v) is 10.8. The summed E-state index contributed by atoms with van der Waals surface area (Å²) in [6, 6.07) is 6.90. The summed E-state index contributed by atoms with van der Waals surface area (Å²) < 4.78 is 0. The van der Waals surface area contributed by atoms with Crippen LogP contribution in [0, 0.1) is 0 Å². The molecular weight excluding hydrogens is 242 g/mol. The van der Waals surface area contributed by atoms with Gasteiger partial charge in [0.25, 0.3) is 0 Å². The molecule has 1 heterocycles. The lowest BCUT2D eigenvalue weighted by Gasteiger charge is -2.11. The van der Waals surface area contributed by atoms with E-state index in [1.54, 1.807) is 24.5 Å². The van der Waals surface area contributed by atoms with Gasteiger partial charge in [-0.1, -0.05) is 18.2 Å². The normalized spacial score (nSPS) is 12.1. The summed E-state index contributed by atoms with van der Waals surface area (Å²) in [6.45, 7) is 1.87. The number of aromatic amines is 1. The predicted molar refractivity (Wildman–Crippen MR) is 71.6 cm³/mol. The van der Waals surface area contributed by atoms with Gasteiger partial charge in [-0.3, -0.25) is 4.79 Å². The van der Waals surface area contributed by atoms with Crippen molar-refractivity contribution < 1.29 is 9.90 Å². The van der Waals surface area contributed by atoms with Crippen molar-refractivity contribution in [3.63, 3.8) is 0 Å². The average Bonchev–Trinajstić information content (AvgIpc) is 2.91. The Morgan fingerprint density at radius 3 is 2.95 bits per heavy atom. The first-order valence-electron chi connectivity index (χ1n) is 6.22. The van der Waals surface area contributed by atoms with Crippen LogP contribution >= 0.6 is 0 Å². The van der Waals surface area contributed by atoms with Crippen LogP contribution in [-0.4, -0.2) is 21.0 Å². The van der Waals surface area contributed by atoms with Gasteiger partial charge < -0.3 is 15.4 Å². The minimum atomic E-state index is -0.146. The molecule has 1 unspecified atom stereocenters. The van der Waals surface area contributed by atoms with E-state index in [9.17, 15) is 9.90 Å². The molecule has 0 bridgehead atoms. The first-order valence-corrected chi connectivity index (χ1v) is 6.22. The Hall–Kier alpha value is -2.30. The fourth-order valence-corrected chi connectivity index (χ4v) is 1.87. The van der Waals surface area contributed by atoms with Gasteiger partial charge in [0.1, 0.15) is 11.6 Å². The van der Waals surface area contributed by atoms with Crippen molar-refractivity contribution in [1.29, 1.82) is 0 Å². The number of rotatable bonds is 5. The standard InChI is InChI=1S/C14H17N3O2/c1-10(14-15-8-9-16-14)17-13(19)7-6-11-4-2-3-5-12(11)18/h2-5,8-10,18H,6-7H2,1H3,(H,15,16)(H,17,19). The average molecular weight is 259 g/mol. The number of imidazole rings is 1. The van der Waals surface area contributed by atoms with E-state index < -0.39 is 0 Å². The molecule has 0 fully saturated rings. The van der Waals surface area contributed by atoms with E-state index >= 15 is 0 Å². The number of phenolic OH excluding ortho intramolecular Hbond substituents is 1. The number of phenols is 1. The molecule has 5 nitrogen and oxygen atoms in total. The molecule has 0 saturated carbocycles. The SMILES string of the molecule is CC(NC(=O)CCc1ccccc1O)c1ncc[nH]1. The van der Waals surface area contributed by atoms with E-state index in [4.69, 9.17) is 0 Å². The van der Waals surface area contributed by atoms with Gasteiger partial charge in [-0.2, -0.15) is 0 Å². The summed E-state index contributed by atoms with van der Waals surface area (Å²) in [6.07, 6.45) is 4.23. The Labute approximate surface area is 111 Å². The number of para-hydroxylation sites is 1. The number of amides is 1. The number of aromatic nitrogens is 2. The predicted octanol–water partition coefficient (Wildman–Crippen LogP) is 1.93. The van der Waals surface area contributed by atoms with Gasteiger partial charge in [0.05, 0.1) is 6.04 Å². The van der Waals surface area contributed by atoms with Crippen LogP contribution in [0.15, 0.2) is 36.7 Å². The summed E-state index contributed by atoms with van der Waals surface area (Å²) in [5.41, 5.74) is 0.781. The third kappa shape index (κ3) is 3.58. The fraction of sp³-hybridized carbons (Fsp3) is 0.286. The Kier molecular flexibility index (Phi) is 4.18. The molecule has 2 rings (SSSR count). The number of hydrogen-bond acceptors (Lipinski definition) is 3. The Morgan fingerprint density at radius 2 is 2.26 bits per heavy atom. The number of hydrogen-bond donors (Lipinski definition) is 3. The van der Waals surface area contributed by atoms with Crippen molar-refractivity contribution in [2.45, 2.75) is 25.8 Å². The van der Waals surface area contributed by atoms with Crippen LogP contribution in [0.5, 0.6) is 5.75 Å². The zero-order valence-electron chi connectivity index (χ0n) is 10.8. The second-order valence-corrected chi connectivity index (χ2v) is 4.39. The lowest BCUT2D eigenvalue weighted by molar-refractivity contribution is -0.121. The molecular formula is C14H17N3O2. The number of carbonyl (C=O) groups is 1. The minimum absolute atomic E-state index is 0.0628. The molecule has 100 valence electrons. The van der Waals surface area contributed by atoms with Crippen LogP contribution in [0.3, 0.4) is 0 Å². The van der Waals surface area contributed by atoms with Crippen LogP contribution in [0.1, 0.15) is 30.8 Å². The maximum Gasteiger partial charge on any atom is 0.220 e. The van der Waals surface area contributed by atoms with Crippen molar-refractivity contribution in [2.24, 2.45) is 0 Å². The van der Waals surface area contributed by atoms with Gasteiger partial charge in [-0.15, -0.1) is 0 Å². The fourth-order valence-electron chi connectivity index (χ4n) is 1.87. The minimum Gasteiger partial charge on any atom is -0.508 e. The van der Waals surface area contributed by atoms with Gasteiger partial charge in [0, 0.05) is 18.8 Å². The molecule has 0 radical (unpaired) electrons. The third-order valence-corrected chi connectivity index (χ3v) is 2.92. The van der Waals surface area contributed by atoms with E-state index in [-0.39, 0.29) is 17.7 Å². The van der Waals surface area contributed by atoms with Gasteiger partial charge in [-0.05, 0) is 25.0 Å². The summed E-state index contributed by atoms with van der Waals surface area (Å²) in [5, 5.41) is 12.5. The summed E-state index contributed by atoms with van der Waals surface area (Å²) in [7, 11) is 0. The summed E-state index contributed by atoms with van der Waals surface area (Å²) >= 11 is 0. The number of carbonyl (C=O) groups excluding carboxylic acids is 1. The second kappa shape index (κ2) is 6.04. The van der Waals surface area contributed by atoms with Crippen LogP contribution in [0.2, 0.25) is 0 Å². The maximum atomic E-state index is 11.8. The quantitative estimate of drug-likeness (QED) is 0.767. The number of nitrogens with one attached hydrogen (secondary N) is 2. The van der Waals surface area contributed by atoms with Gasteiger partial charge >= 0.3 is 0 Å². The summed E-state index contributed by atoms with van der Waals surface area (Å²) in [5.74, 6) is 0.900. The van der Waals surface area contributed by atoms with Crippen molar-refractivity contribution in [3.05, 3.63) is 48.0 Å². The van der Waals surface area contributed by atoms with Crippen LogP contribution < -0.4 is 5.32 Å². The number of nitrogens with zero attached hydrogens (tertiary/aromatic N) is 1. The molecule has 19 heavy (non-hydrogen) atoms. The molecule has 5 heteroatoms. The Balaban J connectivity index is 1.84. The van der Waals surface area contributed by atoms with E-state index in [1.165, 1.54) is 0 Å². The van der Waals surface area contributed by atoms with E-state index in [2.05, 4.69) is 15.3 Å². The number of aryl methyl sites for hydroxylation is 1. The van der Waals surface area contributed by atoms with Crippen molar-refractivity contribution >= 4 is 5.91 Å². The molecule has 1 atom stereocenters. The first-order chi connectivity index (χ1) is 9.16. The molecule has 0 spiro atoms. The molecule has 3 N–H and O–H groups in total. The number of aromatic hydroxyl groups is 1. The lowest BCUT2D eigenvalue weighted by Crippen LogP contribution is -2.27. The van der Waals surface area contributed by atoms with Crippen LogP contribution in [0.25, 0.3) is 0 Å². The molecule has 2 aromatic rings. The highest BCUT2D eigenvalue weighted by atomic mass is 16.3. The molecule has 0 aliphatic heterocycles. The largest absolute Gasteiger partial charge is 0.508 e. The second-order valence-electron chi connectivity index (χ2n) is 4.39. The molecule has 1 aromatic carbocycles. The highest BCUT2D eigenvalue weighted by Gasteiger charge is 2.11. The van der Waals surface area contributed by atoms with Crippen molar-refractivity contribution in [3.8, 4) is 5.75 Å². The van der Waals surface area contributed by atoms with E-state index in [1.807, 2.05) is 19.1 Å². The molecule has 0 aliphatic rings. The van der Waals surface area contributed by atoms with Crippen molar-refractivity contribution in [1.82, 2.24) is 15.3 Å². The van der Waals surface area contributed by atoms with Gasteiger partial charge in [-0.25, -0.2) is 4.98 Å². The molecule has 0 aliphatic carbocycles. The van der Waals surface area contributed by atoms with Crippen LogP contribution in [0.4, 0.5) is 0 Å². The number of benzene rings is 1. The first kappa shape index (κ1) is 13.1. The van der Waals surface area contributed by atoms with E-state index in [0.717, 1.165) is 11.4 Å². The highest BCUT2D eigenvalue weighted by Crippen LogP contribution is 2.17. The van der Waals surface area contributed by atoms with Crippen LogP contribution in [-0.2, 0) is 11.2 Å². The Bertz CT molecular complexity index is 537. The molecule has 1 amide bonds.